The Morgan fingerprint density at radius 2 is 2.21 bits per heavy atom. The fraction of sp³-hybridized carbons (Fsp3) is 0.250. The van der Waals surface area contributed by atoms with E-state index in [-0.39, 0.29) is 5.91 Å². The largest absolute Gasteiger partial charge is 0.465 e. The molecular weight excluding hydrogens is 266 g/mol. The second kappa shape index (κ2) is 5.23. The average Bonchev–Trinajstić information content (AvgIpc) is 2.96. The van der Waals surface area contributed by atoms with Crippen LogP contribution in [0.3, 0.4) is 0 Å². The van der Waals surface area contributed by atoms with Gasteiger partial charge in [0.25, 0.3) is 5.91 Å². The van der Waals surface area contributed by atoms with Crippen LogP contribution in [0.25, 0.3) is 0 Å². The third-order valence-corrected chi connectivity index (χ3v) is 3.47. The van der Waals surface area contributed by atoms with Gasteiger partial charge in [-0.25, -0.2) is 4.79 Å². The second-order valence-corrected chi connectivity index (χ2v) is 4.82. The van der Waals surface area contributed by atoms with E-state index in [1.54, 1.807) is 29.2 Å². The van der Waals surface area contributed by atoms with Crippen molar-refractivity contribution in [1.82, 2.24) is 9.78 Å². The highest BCUT2D eigenvalue weighted by atomic mass is 32.1. The zero-order valence-corrected chi connectivity index (χ0v) is 11.6. The van der Waals surface area contributed by atoms with Gasteiger partial charge in [-0.3, -0.25) is 9.48 Å². The second-order valence-electron chi connectivity index (χ2n) is 3.90. The Kier molecular flexibility index (Phi) is 3.66. The number of hydrogen-bond acceptors (Lipinski definition) is 5. The van der Waals surface area contributed by atoms with Gasteiger partial charge >= 0.3 is 5.97 Å². The number of methoxy groups -OCH3 is 1. The smallest absolute Gasteiger partial charge is 0.340 e. The van der Waals surface area contributed by atoms with Gasteiger partial charge in [0.05, 0.1) is 12.7 Å². The number of carbonyl (C=O) groups excluding carboxylic acids is 2. The Morgan fingerprint density at radius 1 is 1.47 bits per heavy atom. The minimum Gasteiger partial charge on any atom is -0.465 e. The maximum Gasteiger partial charge on any atom is 0.340 e. The SMILES string of the molecule is COC(=O)c1ccsc1NC(=O)c1cc(C)n(C)n1. The number of anilines is 1. The topological polar surface area (TPSA) is 73.2 Å². The molecule has 2 heterocycles. The Balaban J connectivity index is 2.20. The van der Waals surface area contributed by atoms with Crippen molar-refractivity contribution in [3.8, 4) is 0 Å². The molecule has 0 aromatic carbocycles. The van der Waals surface area contributed by atoms with Crippen LogP contribution in [0.2, 0.25) is 0 Å². The molecule has 0 radical (unpaired) electrons. The first-order valence-corrected chi connectivity index (χ1v) is 6.38. The van der Waals surface area contributed by atoms with E-state index >= 15 is 0 Å². The molecule has 0 saturated heterocycles. The van der Waals surface area contributed by atoms with Crippen molar-refractivity contribution in [2.45, 2.75) is 6.92 Å². The van der Waals surface area contributed by atoms with Crippen LogP contribution in [-0.2, 0) is 11.8 Å². The lowest BCUT2D eigenvalue weighted by molar-refractivity contribution is 0.0602. The maximum absolute atomic E-state index is 12.0. The van der Waals surface area contributed by atoms with E-state index in [2.05, 4.69) is 15.2 Å². The van der Waals surface area contributed by atoms with Gasteiger partial charge in [0.1, 0.15) is 5.00 Å². The van der Waals surface area contributed by atoms with E-state index in [9.17, 15) is 9.59 Å². The van der Waals surface area contributed by atoms with Crippen LogP contribution in [0.1, 0.15) is 26.5 Å². The van der Waals surface area contributed by atoms with E-state index in [1.807, 2.05) is 6.92 Å². The summed E-state index contributed by atoms with van der Waals surface area (Å²) in [4.78, 5) is 23.5. The van der Waals surface area contributed by atoms with Gasteiger partial charge in [-0.1, -0.05) is 0 Å². The van der Waals surface area contributed by atoms with Crippen molar-refractivity contribution in [3.63, 3.8) is 0 Å². The molecule has 0 aliphatic heterocycles. The predicted octanol–water partition coefficient (Wildman–Crippen LogP) is 1.83. The monoisotopic (exact) mass is 279 g/mol. The summed E-state index contributed by atoms with van der Waals surface area (Å²) in [6, 6.07) is 3.29. The van der Waals surface area contributed by atoms with Gasteiger partial charge in [0, 0.05) is 12.7 Å². The lowest BCUT2D eigenvalue weighted by Gasteiger charge is -2.03. The molecule has 100 valence electrons. The van der Waals surface area contributed by atoms with Gasteiger partial charge in [-0.05, 0) is 24.4 Å². The van der Waals surface area contributed by atoms with Gasteiger partial charge in [-0.2, -0.15) is 5.10 Å². The Bertz CT molecular complexity index is 610. The fourth-order valence-electron chi connectivity index (χ4n) is 1.52. The summed E-state index contributed by atoms with van der Waals surface area (Å²) >= 11 is 1.26. The third kappa shape index (κ3) is 2.65. The van der Waals surface area contributed by atoms with Crippen LogP contribution in [0, 0.1) is 6.92 Å². The van der Waals surface area contributed by atoms with Crippen LogP contribution in [0.5, 0.6) is 0 Å². The fourth-order valence-corrected chi connectivity index (χ4v) is 2.29. The average molecular weight is 279 g/mol. The van der Waals surface area contributed by atoms with Crippen LogP contribution < -0.4 is 5.32 Å². The highest BCUT2D eigenvalue weighted by molar-refractivity contribution is 7.14. The number of nitrogens with zero attached hydrogens (tertiary/aromatic N) is 2. The first-order chi connectivity index (χ1) is 9.02. The number of ether oxygens (including phenoxy) is 1. The number of aromatic nitrogens is 2. The molecule has 7 heteroatoms. The Morgan fingerprint density at radius 3 is 2.79 bits per heavy atom. The number of rotatable bonds is 3. The summed E-state index contributed by atoms with van der Waals surface area (Å²) in [6.45, 7) is 1.86. The molecule has 2 aromatic rings. The Labute approximate surface area is 114 Å². The first-order valence-electron chi connectivity index (χ1n) is 5.50. The van der Waals surface area contributed by atoms with Crippen LogP contribution in [0.4, 0.5) is 5.00 Å². The number of aryl methyl sites for hydroxylation is 2. The number of carbonyl (C=O) groups is 2. The van der Waals surface area contributed by atoms with Crippen LogP contribution in [0.15, 0.2) is 17.5 Å². The van der Waals surface area contributed by atoms with Crippen molar-refractivity contribution in [1.29, 1.82) is 0 Å². The molecule has 0 bridgehead atoms. The highest BCUT2D eigenvalue weighted by Crippen LogP contribution is 2.24. The lowest BCUT2D eigenvalue weighted by Crippen LogP contribution is -2.14. The molecule has 2 aromatic heterocycles. The van der Waals surface area contributed by atoms with Crippen molar-refractivity contribution in [2.24, 2.45) is 7.05 Å². The molecule has 0 atom stereocenters. The van der Waals surface area contributed by atoms with E-state index in [1.165, 1.54) is 18.4 Å². The van der Waals surface area contributed by atoms with Gasteiger partial charge < -0.3 is 10.1 Å². The minimum atomic E-state index is -0.478. The molecule has 19 heavy (non-hydrogen) atoms. The van der Waals surface area contributed by atoms with Crippen LogP contribution >= 0.6 is 11.3 Å². The number of amides is 1. The normalized spacial score (nSPS) is 10.3. The summed E-state index contributed by atoms with van der Waals surface area (Å²) in [5.74, 6) is -0.829. The molecular formula is C12H13N3O3S. The molecule has 0 spiro atoms. The van der Waals surface area contributed by atoms with Crippen molar-refractivity contribution >= 4 is 28.2 Å². The number of hydrogen-bond donors (Lipinski definition) is 1. The molecule has 1 amide bonds. The molecule has 1 N–H and O–H groups in total. The van der Waals surface area contributed by atoms with Crippen molar-refractivity contribution in [3.05, 3.63) is 34.5 Å². The summed E-state index contributed by atoms with van der Waals surface area (Å²) in [6.07, 6.45) is 0. The maximum atomic E-state index is 12.0. The standard InChI is InChI=1S/C12H13N3O3S/c1-7-6-9(14-15(7)2)10(16)13-11-8(4-5-19-11)12(17)18-3/h4-6H,1-3H3,(H,13,16). The molecule has 0 aliphatic carbocycles. The first kappa shape index (κ1) is 13.3. The van der Waals surface area contributed by atoms with E-state index in [4.69, 9.17) is 0 Å². The number of nitrogens with one attached hydrogen (secondary N) is 1. The number of thiophene rings is 1. The predicted molar refractivity (Wildman–Crippen MR) is 71.6 cm³/mol. The molecule has 0 fully saturated rings. The van der Waals surface area contributed by atoms with E-state index in [0.29, 0.717) is 16.3 Å². The van der Waals surface area contributed by atoms with Crippen molar-refractivity contribution in [2.75, 3.05) is 12.4 Å². The lowest BCUT2D eigenvalue weighted by atomic mass is 10.3. The molecule has 6 nitrogen and oxygen atoms in total. The summed E-state index contributed by atoms with van der Waals surface area (Å²) in [5, 5.41) is 8.92. The summed E-state index contributed by atoms with van der Waals surface area (Å²) in [5.41, 5.74) is 1.53. The quantitative estimate of drug-likeness (QED) is 0.870. The van der Waals surface area contributed by atoms with Crippen LogP contribution in [-0.4, -0.2) is 28.8 Å². The number of esters is 1. The molecule has 0 aliphatic rings. The highest BCUT2D eigenvalue weighted by Gasteiger charge is 2.17. The summed E-state index contributed by atoms with van der Waals surface area (Å²) < 4.78 is 6.26. The van der Waals surface area contributed by atoms with E-state index < -0.39 is 5.97 Å². The van der Waals surface area contributed by atoms with Gasteiger partial charge in [0.2, 0.25) is 0 Å². The minimum absolute atomic E-state index is 0.309. The summed E-state index contributed by atoms with van der Waals surface area (Å²) in [7, 11) is 3.06. The molecule has 0 unspecified atom stereocenters. The third-order valence-electron chi connectivity index (χ3n) is 2.64. The zero-order chi connectivity index (χ0) is 14.0. The zero-order valence-electron chi connectivity index (χ0n) is 10.8. The van der Waals surface area contributed by atoms with Gasteiger partial charge in [0.15, 0.2) is 5.69 Å². The van der Waals surface area contributed by atoms with E-state index in [0.717, 1.165) is 5.69 Å². The van der Waals surface area contributed by atoms with Crippen molar-refractivity contribution < 1.29 is 14.3 Å². The Hall–Kier alpha value is -2.15. The molecule has 0 saturated carbocycles. The molecule has 2 rings (SSSR count). The van der Waals surface area contributed by atoms with Gasteiger partial charge in [-0.15, -0.1) is 11.3 Å².